The first kappa shape index (κ1) is 43.3. The summed E-state index contributed by atoms with van der Waals surface area (Å²) in [5, 5.41) is 45.7. The second-order valence-corrected chi connectivity index (χ2v) is 15.7. The number of cyclic esters (lactones) is 1. The molecule has 0 aromatic heterocycles. The molecule has 302 valence electrons. The number of methoxy groups -OCH3 is 1. The summed E-state index contributed by atoms with van der Waals surface area (Å²) in [7, 11) is 1.21. The molecular weight excluding hydrogens is 692 g/mol. The number of unbranched alkanes of at least 4 members (excludes halogenated alkanes) is 4. The molecule has 0 aromatic rings. The van der Waals surface area contributed by atoms with Crippen LogP contribution in [0.1, 0.15) is 124 Å². The van der Waals surface area contributed by atoms with E-state index >= 15 is 0 Å². The molecular formula is C39H62O14. The van der Waals surface area contributed by atoms with Crippen LogP contribution in [-0.2, 0) is 47.5 Å². The Bertz CT molecular complexity index is 1280. The quantitative estimate of drug-likeness (QED) is 0.0866. The smallest absolute Gasteiger partial charge is 0.330 e. The van der Waals surface area contributed by atoms with E-state index in [0.717, 1.165) is 25.7 Å². The van der Waals surface area contributed by atoms with Gasteiger partial charge in [0.15, 0.2) is 18.2 Å². The van der Waals surface area contributed by atoms with Crippen molar-refractivity contribution in [3.8, 4) is 0 Å². The van der Waals surface area contributed by atoms with Gasteiger partial charge in [-0.1, -0.05) is 52.5 Å². The number of carbonyl (C=O) groups excluding carboxylic acids is 3. The predicted octanol–water partition coefficient (Wildman–Crippen LogP) is 4.03. The summed E-state index contributed by atoms with van der Waals surface area (Å²) in [5.74, 6) is -5.90. The van der Waals surface area contributed by atoms with Gasteiger partial charge in [-0.05, 0) is 50.7 Å². The first-order valence-electron chi connectivity index (χ1n) is 19.4. The molecule has 4 aliphatic rings. The van der Waals surface area contributed by atoms with Crippen molar-refractivity contribution in [1.82, 2.24) is 0 Å². The van der Waals surface area contributed by atoms with E-state index in [9.17, 15) is 34.8 Å². The third kappa shape index (κ3) is 12.3. The van der Waals surface area contributed by atoms with E-state index in [1.807, 2.05) is 0 Å². The number of carbonyl (C=O) groups is 3. The molecule has 4 rings (SSSR count). The summed E-state index contributed by atoms with van der Waals surface area (Å²) in [4.78, 5) is 39.1. The topological polar surface area (TPSA) is 197 Å². The van der Waals surface area contributed by atoms with Crippen LogP contribution in [0.25, 0.3) is 0 Å². The zero-order chi connectivity index (χ0) is 38.8. The number of fused-ring (bicyclic) bond motifs is 6. The third-order valence-corrected chi connectivity index (χ3v) is 10.7. The van der Waals surface area contributed by atoms with Crippen LogP contribution in [0, 0.1) is 5.41 Å². The predicted molar refractivity (Wildman–Crippen MR) is 190 cm³/mol. The van der Waals surface area contributed by atoms with Crippen molar-refractivity contribution >= 4 is 17.9 Å². The summed E-state index contributed by atoms with van der Waals surface area (Å²) in [6.07, 6.45) is 3.18. The SMILES string of the molecule is CCCCCCCC(=O)O[C@H]1/C(=C\C(=O)OC)C[C@H]2C[C@H]([C@@H](C)O)OC(=O)C[C@H](O)C[C@@H]3CCC[C@](O)(C[C@@H]4CCO[C@H](/C=C/C(C)(C)[C@]1(O)O2)O4)O3. The molecule has 0 amide bonds. The fraction of sp³-hybridized carbons (Fsp3) is 0.821. The fourth-order valence-corrected chi connectivity index (χ4v) is 7.57. The Morgan fingerprint density at radius 3 is 2.51 bits per heavy atom. The van der Waals surface area contributed by atoms with Gasteiger partial charge >= 0.3 is 17.9 Å². The van der Waals surface area contributed by atoms with Gasteiger partial charge in [0.1, 0.15) is 6.10 Å². The molecule has 53 heavy (non-hydrogen) atoms. The van der Waals surface area contributed by atoms with Gasteiger partial charge in [0.2, 0.25) is 5.79 Å². The molecule has 0 aliphatic carbocycles. The van der Waals surface area contributed by atoms with Crippen molar-refractivity contribution in [3.63, 3.8) is 0 Å². The highest BCUT2D eigenvalue weighted by Crippen LogP contribution is 2.47. The van der Waals surface area contributed by atoms with Crippen molar-refractivity contribution in [2.75, 3.05) is 13.7 Å². The Labute approximate surface area is 313 Å². The molecule has 0 saturated carbocycles. The lowest BCUT2D eigenvalue weighted by molar-refractivity contribution is -0.327. The van der Waals surface area contributed by atoms with Crippen LogP contribution in [0.3, 0.4) is 0 Å². The number of aliphatic hydroxyl groups excluding tert-OH is 2. The summed E-state index contributed by atoms with van der Waals surface area (Å²) in [5.41, 5.74) is -1.14. The standard InChI is InChI=1S/C39H62O14/c1-6-7-8-9-10-13-32(42)51-36-26(20-33(43)47-5)19-30-23-31(25(2)40)50-34(44)22-27(41)21-28-12-11-16-38(45,52-28)24-29-15-18-48-35(49-29)14-17-37(3,4)39(36,46)53-30/h14,17,20,25,27-31,35-36,40-41,45-46H,6-13,15-16,18-19,21-24H2,1-5H3/b17-14+,26-20-/t25-,27-,28+,29+,30+,31-,35+,36+,38-,39-/m1/s1. The van der Waals surface area contributed by atoms with Crippen LogP contribution in [0.4, 0.5) is 0 Å². The van der Waals surface area contributed by atoms with Gasteiger partial charge in [-0.2, -0.15) is 0 Å². The van der Waals surface area contributed by atoms with Crippen LogP contribution < -0.4 is 0 Å². The number of hydrogen-bond acceptors (Lipinski definition) is 14. The average Bonchev–Trinajstić information content (AvgIpc) is 3.08. The maximum Gasteiger partial charge on any atom is 0.330 e. The maximum atomic E-state index is 13.3. The summed E-state index contributed by atoms with van der Waals surface area (Å²) < 4.78 is 41.2. The number of aliphatic hydroxyl groups is 4. The minimum Gasteiger partial charge on any atom is -0.466 e. The van der Waals surface area contributed by atoms with Crippen molar-refractivity contribution in [1.29, 1.82) is 0 Å². The van der Waals surface area contributed by atoms with E-state index in [2.05, 4.69) is 6.92 Å². The van der Waals surface area contributed by atoms with E-state index in [1.165, 1.54) is 20.1 Å². The van der Waals surface area contributed by atoms with Crippen LogP contribution in [-0.4, -0.2) is 113 Å². The summed E-state index contributed by atoms with van der Waals surface area (Å²) in [6.45, 7) is 7.22. The lowest BCUT2D eigenvalue weighted by Crippen LogP contribution is -2.62. The van der Waals surface area contributed by atoms with Crippen LogP contribution in [0.5, 0.6) is 0 Å². The van der Waals surface area contributed by atoms with E-state index in [4.69, 9.17) is 33.2 Å². The normalized spacial score (nSPS) is 37.5. The highest BCUT2D eigenvalue weighted by molar-refractivity contribution is 5.83. The molecule has 10 atom stereocenters. The lowest BCUT2D eigenvalue weighted by Gasteiger charge is -2.51. The molecule has 0 spiro atoms. The third-order valence-electron chi connectivity index (χ3n) is 10.7. The largest absolute Gasteiger partial charge is 0.466 e. The highest BCUT2D eigenvalue weighted by Gasteiger charge is 2.58. The molecule has 4 heterocycles. The lowest BCUT2D eigenvalue weighted by atomic mass is 9.74. The van der Waals surface area contributed by atoms with E-state index in [1.54, 1.807) is 26.0 Å². The number of esters is 3. The monoisotopic (exact) mass is 754 g/mol. The number of rotatable bonds is 9. The van der Waals surface area contributed by atoms with Gasteiger partial charge in [-0.3, -0.25) is 9.59 Å². The molecule has 14 nitrogen and oxygen atoms in total. The minimum absolute atomic E-state index is 0.0342. The Balaban J connectivity index is 1.72. The van der Waals surface area contributed by atoms with E-state index < -0.39 is 83.9 Å². The van der Waals surface area contributed by atoms with Gasteiger partial charge in [0.05, 0.1) is 50.7 Å². The second kappa shape index (κ2) is 19.4. The minimum atomic E-state index is -2.30. The van der Waals surface area contributed by atoms with Gasteiger partial charge < -0.3 is 53.6 Å². The second-order valence-electron chi connectivity index (χ2n) is 15.7. The van der Waals surface area contributed by atoms with E-state index in [0.29, 0.717) is 38.7 Å². The van der Waals surface area contributed by atoms with Crippen LogP contribution in [0.15, 0.2) is 23.8 Å². The number of hydrogen-bond donors (Lipinski definition) is 4. The number of ether oxygens (including phenoxy) is 7. The Morgan fingerprint density at radius 1 is 1.04 bits per heavy atom. The first-order chi connectivity index (χ1) is 25.1. The molecule has 6 bridgehead atoms. The molecule has 0 radical (unpaired) electrons. The van der Waals surface area contributed by atoms with Crippen LogP contribution >= 0.6 is 0 Å². The Morgan fingerprint density at radius 2 is 1.79 bits per heavy atom. The molecule has 3 fully saturated rings. The maximum absolute atomic E-state index is 13.3. The average molecular weight is 755 g/mol. The van der Waals surface area contributed by atoms with E-state index in [-0.39, 0.29) is 44.1 Å². The van der Waals surface area contributed by atoms with Gasteiger partial charge in [0.25, 0.3) is 0 Å². The molecule has 0 aromatic carbocycles. The highest BCUT2D eigenvalue weighted by atomic mass is 16.7. The van der Waals surface area contributed by atoms with Crippen molar-refractivity contribution in [2.24, 2.45) is 5.41 Å². The molecule has 3 saturated heterocycles. The van der Waals surface area contributed by atoms with Gasteiger partial charge in [-0.25, -0.2) is 4.79 Å². The molecule has 0 unspecified atom stereocenters. The molecule has 14 heteroatoms. The molecule has 4 N–H and O–H groups in total. The fourth-order valence-electron chi connectivity index (χ4n) is 7.57. The molecule has 4 aliphatic heterocycles. The summed E-state index contributed by atoms with van der Waals surface area (Å²) >= 11 is 0. The van der Waals surface area contributed by atoms with Crippen molar-refractivity contribution in [2.45, 2.75) is 185 Å². The van der Waals surface area contributed by atoms with Crippen LogP contribution in [0.2, 0.25) is 0 Å². The van der Waals surface area contributed by atoms with Crippen molar-refractivity contribution in [3.05, 3.63) is 23.8 Å². The zero-order valence-corrected chi connectivity index (χ0v) is 32.0. The Hall–Kier alpha value is -2.43. The summed E-state index contributed by atoms with van der Waals surface area (Å²) in [6, 6.07) is 0. The van der Waals surface area contributed by atoms with Gasteiger partial charge in [0, 0.05) is 43.6 Å². The van der Waals surface area contributed by atoms with Gasteiger partial charge in [-0.15, -0.1) is 0 Å². The first-order valence-corrected chi connectivity index (χ1v) is 19.4. The Kier molecular flexibility index (Phi) is 15.9. The van der Waals surface area contributed by atoms with Crippen molar-refractivity contribution < 1.29 is 68.0 Å². The zero-order valence-electron chi connectivity index (χ0n) is 32.0.